The molecule has 0 radical (unpaired) electrons. The molecule has 0 bridgehead atoms. The molecular weight excluding hydrogens is 326 g/mol. The number of amides is 3. The molecule has 0 aromatic heterocycles. The third kappa shape index (κ3) is 4.29. The number of ether oxygens (including phenoxy) is 1. The van der Waals surface area contributed by atoms with E-state index >= 15 is 0 Å². The summed E-state index contributed by atoms with van der Waals surface area (Å²) in [4.78, 5) is 31.8. The molecular formula is C16H27N5O4. The van der Waals surface area contributed by atoms with E-state index in [9.17, 15) is 14.7 Å². The molecule has 1 fully saturated rings. The van der Waals surface area contributed by atoms with Crippen molar-refractivity contribution in [3.63, 3.8) is 0 Å². The van der Waals surface area contributed by atoms with Crippen LogP contribution in [0.25, 0.3) is 0 Å². The second-order valence-corrected chi connectivity index (χ2v) is 6.30. The molecule has 3 amide bonds. The number of likely N-dealkylation sites (N-methyl/N-ethyl adjacent to an activating group) is 1. The number of nitrogens with zero attached hydrogens (tertiary/aromatic N) is 3. The van der Waals surface area contributed by atoms with Gasteiger partial charge in [-0.25, -0.2) is 9.79 Å². The number of hydrogen-bond donors (Lipinski definition) is 3. The Kier molecular flexibility index (Phi) is 6.38. The molecule has 2 aliphatic heterocycles. The Bertz CT molecular complexity index is 553. The summed E-state index contributed by atoms with van der Waals surface area (Å²) in [5, 5.41) is 15.8. The van der Waals surface area contributed by atoms with Gasteiger partial charge in [-0.3, -0.25) is 10.1 Å². The van der Waals surface area contributed by atoms with Crippen LogP contribution >= 0.6 is 0 Å². The lowest BCUT2D eigenvalue weighted by Crippen LogP contribution is -2.65. The molecule has 0 aliphatic carbocycles. The van der Waals surface area contributed by atoms with Gasteiger partial charge in [-0.15, -0.1) is 6.58 Å². The maximum atomic E-state index is 12.4. The Morgan fingerprint density at radius 3 is 2.88 bits per heavy atom. The maximum Gasteiger partial charge on any atom is 0.325 e. The van der Waals surface area contributed by atoms with Crippen molar-refractivity contribution in [1.82, 2.24) is 20.4 Å². The number of carbonyl (C=O) groups is 2. The first-order valence-electron chi connectivity index (χ1n) is 8.44. The Labute approximate surface area is 147 Å². The monoisotopic (exact) mass is 353 g/mol. The van der Waals surface area contributed by atoms with Gasteiger partial charge in [0, 0.05) is 19.6 Å². The molecule has 2 aliphatic rings. The minimum Gasteiger partial charge on any atom is -0.389 e. The molecule has 2 rings (SSSR count). The van der Waals surface area contributed by atoms with Crippen molar-refractivity contribution in [2.24, 2.45) is 4.99 Å². The van der Waals surface area contributed by atoms with E-state index in [4.69, 9.17) is 4.74 Å². The summed E-state index contributed by atoms with van der Waals surface area (Å²) >= 11 is 0. The van der Waals surface area contributed by atoms with Crippen LogP contribution in [-0.4, -0.2) is 84.0 Å². The van der Waals surface area contributed by atoms with Crippen LogP contribution in [0.15, 0.2) is 17.6 Å². The molecule has 1 saturated heterocycles. The van der Waals surface area contributed by atoms with Gasteiger partial charge in [-0.1, -0.05) is 13.0 Å². The molecule has 2 heterocycles. The zero-order chi connectivity index (χ0) is 18.6. The fourth-order valence-electron chi connectivity index (χ4n) is 2.74. The summed E-state index contributed by atoms with van der Waals surface area (Å²) in [6.07, 6.45) is 1.05. The molecule has 25 heavy (non-hydrogen) atoms. The van der Waals surface area contributed by atoms with E-state index in [1.807, 2.05) is 13.8 Å². The van der Waals surface area contributed by atoms with Crippen molar-refractivity contribution in [2.45, 2.75) is 44.6 Å². The molecule has 3 N–H and O–H groups in total. The number of aliphatic hydroxyl groups is 1. The Morgan fingerprint density at radius 2 is 2.24 bits per heavy atom. The molecule has 4 unspecified atom stereocenters. The number of urea groups is 1. The van der Waals surface area contributed by atoms with Crippen molar-refractivity contribution in [2.75, 3.05) is 26.8 Å². The highest BCUT2D eigenvalue weighted by Gasteiger charge is 2.49. The van der Waals surface area contributed by atoms with Crippen molar-refractivity contribution in [3.8, 4) is 0 Å². The molecule has 9 heteroatoms. The summed E-state index contributed by atoms with van der Waals surface area (Å²) in [6.45, 7) is 8.21. The van der Waals surface area contributed by atoms with E-state index in [2.05, 4.69) is 22.2 Å². The number of β-amino-alcohol motifs (C(OH)–C–C–N with tert-alkyl or cyclic N) is 1. The molecule has 4 atom stereocenters. The van der Waals surface area contributed by atoms with Crippen LogP contribution in [0.3, 0.4) is 0 Å². The van der Waals surface area contributed by atoms with Gasteiger partial charge in [0.1, 0.15) is 0 Å². The van der Waals surface area contributed by atoms with E-state index in [1.54, 1.807) is 18.0 Å². The fraction of sp³-hybridized carbons (Fsp3) is 0.688. The zero-order valence-corrected chi connectivity index (χ0v) is 14.9. The van der Waals surface area contributed by atoms with Gasteiger partial charge in [0.05, 0.1) is 19.3 Å². The second-order valence-electron chi connectivity index (χ2n) is 6.30. The third-order valence-corrected chi connectivity index (χ3v) is 4.30. The standard InChI is InChI=1S/C16H27N5O4/c1-5-7-25-9-11(22)8-21-12-13(18-15(21)17-10(3)6-2)20(4)16(24)19-14(12)23/h5,10-13,22H,1,6-9H2,2-4H3,(H,17,18)(H,19,23,24). The minimum atomic E-state index is -0.807. The van der Waals surface area contributed by atoms with Crippen LogP contribution in [0.5, 0.6) is 0 Å². The van der Waals surface area contributed by atoms with Crippen LogP contribution in [0.1, 0.15) is 20.3 Å². The van der Waals surface area contributed by atoms with Gasteiger partial charge in [0.2, 0.25) is 0 Å². The van der Waals surface area contributed by atoms with E-state index in [1.165, 1.54) is 4.90 Å². The van der Waals surface area contributed by atoms with E-state index in [-0.39, 0.29) is 19.2 Å². The first-order chi connectivity index (χ1) is 11.9. The van der Waals surface area contributed by atoms with Gasteiger partial charge < -0.3 is 25.0 Å². The predicted octanol–water partition coefficient (Wildman–Crippen LogP) is -0.514. The summed E-state index contributed by atoms with van der Waals surface area (Å²) < 4.78 is 5.27. The van der Waals surface area contributed by atoms with E-state index in [0.717, 1.165) is 6.42 Å². The molecule has 0 spiro atoms. The summed E-state index contributed by atoms with van der Waals surface area (Å²) in [5.74, 6) is 0.0841. The predicted molar refractivity (Wildman–Crippen MR) is 92.9 cm³/mol. The number of carbonyl (C=O) groups excluding carboxylic acids is 2. The van der Waals surface area contributed by atoms with E-state index < -0.39 is 30.2 Å². The normalized spacial score (nSPS) is 25.2. The lowest BCUT2D eigenvalue weighted by atomic mass is 10.1. The SMILES string of the molecule is C=CCOCC(O)CN1C(NC(C)CC)=NC2C1C(=O)NC(=O)N2C. The highest BCUT2D eigenvalue weighted by Crippen LogP contribution is 2.23. The van der Waals surface area contributed by atoms with Gasteiger partial charge in [-0.2, -0.15) is 0 Å². The smallest absolute Gasteiger partial charge is 0.325 e. The molecule has 0 saturated carbocycles. The molecule has 9 nitrogen and oxygen atoms in total. The Balaban J connectivity index is 2.17. The molecule has 0 aromatic carbocycles. The quantitative estimate of drug-likeness (QED) is 0.401. The maximum absolute atomic E-state index is 12.4. The van der Waals surface area contributed by atoms with Crippen LogP contribution in [0.2, 0.25) is 0 Å². The number of imide groups is 1. The summed E-state index contributed by atoms with van der Waals surface area (Å²) in [6, 6.07) is -1.02. The second kappa shape index (κ2) is 8.30. The summed E-state index contributed by atoms with van der Waals surface area (Å²) in [7, 11) is 1.59. The zero-order valence-electron chi connectivity index (χ0n) is 14.9. The number of nitrogens with one attached hydrogen (secondary N) is 2. The number of aliphatic imine (C=N–C) groups is 1. The lowest BCUT2D eigenvalue weighted by molar-refractivity contribution is -0.127. The van der Waals surface area contributed by atoms with E-state index in [0.29, 0.717) is 12.6 Å². The van der Waals surface area contributed by atoms with Crippen LogP contribution in [0.4, 0.5) is 4.79 Å². The first kappa shape index (κ1) is 19.2. The minimum absolute atomic E-state index is 0.118. The number of rotatable bonds is 8. The first-order valence-corrected chi connectivity index (χ1v) is 8.44. The lowest BCUT2D eigenvalue weighted by Gasteiger charge is -2.37. The topological polar surface area (TPSA) is 106 Å². The third-order valence-electron chi connectivity index (χ3n) is 4.30. The van der Waals surface area contributed by atoms with Crippen molar-refractivity contribution >= 4 is 17.9 Å². The average molecular weight is 353 g/mol. The van der Waals surface area contributed by atoms with Gasteiger partial charge in [0.25, 0.3) is 5.91 Å². The highest BCUT2D eigenvalue weighted by molar-refractivity contribution is 6.03. The van der Waals surface area contributed by atoms with Crippen LogP contribution in [0, 0.1) is 0 Å². The van der Waals surface area contributed by atoms with Crippen LogP contribution in [-0.2, 0) is 9.53 Å². The summed E-state index contributed by atoms with van der Waals surface area (Å²) in [5.41, 5.74) is 0. The average Bonchev–Trinajstić information content (AvgIpc) is 2.91. The fourth-order valence-corrected chi connectivity index (χ4v) is 2.74. The number of fused-ring (bicyclic) bond motifs is 1. The van der Waals surface area contributed by atoms with Crippen LogP contribution < -0.4 is 10.6 Å². The molecule has 140 valence electrons. The van der Waals surface area contributed by atoms with Gasteiger partial charge >= 0.3 is 6.03 Å². The Hall–Kier alpha value is -2.13. The number of guanidine groups is 1. The van der Waals surface area contributed by atoms with Crippen molar-refractivity contribution in [3.05, 3.63) is 12.7 Å². The number of hydrogen-bond acceptors (Lipinski definition) is 7. The van der Waals surface area contributed by atoms with Crippen molar-refractivity contribution in [1.29, 1.82) is 0 Å². The van der Waals surface area contributed by atoms with Gasteiger partial charge in [0.15, 0.2) is 18.2 Å². The largest absolute Gasteiger partial charge is 0.389 e. The highest BCUT2D eigenvalue weighted by atomic mass is 16.5. The van der Waals surface area contributed by atoms with Crippen molar-refractivity contribution < 1.29 is 19.4 Å². The van der Waals surface area contributed by atoms with Gasteiger partial charge in [-0.05, 0) is 13.3 Å². The molecule has 0 aromatic rings. The number of aliphatic hydroxyl groups excluding tert-OH is 1. The Morgan fingerprint density at radius 1 is 1.52 bits per heavy atom.